The Bertz CT molecular complexity index is 591. The minimum Gasteiger partial charge on any atom is -0.312 e. The predicted octanol–water partition coefficient (Wildman–Crippen LogP) is 1.18. The second kappa shape index (κ2) is 3.42. The first-order valence-electron chi connectivity index (χ1n) is 4.19. The molecular weight excluding hydrogens is 197 g/mol. The third kappa shape index (κ3) is 1.42. The van der Waals surface area contributed by atoms with Gasteiger partial charge in [-0.2, -0.15) is 5.26 Å². The van der Waals surface area contributed by atoms with Gasteiger partial charge in [0.2, 0.25) is 0 Å². The molecule has 1 aromatic heterocycles. The molecule has 0 atom stereocenters. The number of aromatic amines is 1. The molecule has 0 saturated carbocycles. The molecule has 1 heterocycles. The van der Waals surface area contributed by atoms with Crippen LogP contribution in [-0.2, 0) is 0 Å². The SMILES string of the molecule is N#Cc1c(F)cccc1-n1cc[nH]c1=O. The van der Waals surface area contributed by atoms with E-state index in [4.69, 9.17) is 5.26 Å². The zero-order valence-corrected chi connectivity index (χ0v) is 7.57. The summed E-state index contributed by atoms with van der Waals surface area (Å²) in [5.74, 6) is -0.636. The molecule has 4 nitrogen and oxygen atoms in total. The standard InChI is InChI=1S/C10H6FN3O/c11-8-2-1-3-9(7(8)6-12)14-5-4-13-10(14)15/h1-5H,(H,13,15). The van der Waals surface area contributed by atoms with E-state index in [1.807, 2.05) is 0 Å². The molecule has 0 spiro atoms. The van der Waals surface area contributed by atoms with Crippen molar-refractivity contribution in [2.45, 2.75) is 0 Å². The number of halogens is 1. The van der Waals surface area contributed by atoms with Gasteiger partial charge in [-0.3, -0.25) is 4.57 Å². The number of H-pyrrole nitrogens is 1. The van der Waals surface area contributed by atoms with Crippen LogP contribution in [0, 0.1) is 17.1 Å². The van der Waals surface area contributed by atoms with Crippen LogP contribution in [0.3, 0.4) is 0 Å². The second-order valence-electron chi connectivity index (χ2n) is 2.88. The van der Waals surface area contributed by atoms with Gasteiger partial charge in [0.1, 0.15) is 17.4 Å². The van der Waals surface area contributed by atoms with E-state index in [0.717, 1.165) is 0 Å². The van der Waals surface area contributed by atoms with Gasteiger partial charge in [-0.05, 0) is 12.1 Å². The molecule has 0 aliphatic carbocycles. The minimum atomic E-state index is -0.636. The summed E-state index contributed by atoms with van der Waals surface area (Å²) in [7, 11) is 0. The van der Waals surface area contributed by atoms with Gasteiger partial charge in [0.05, 0.1) is 5.69 Å². The van der Waals surface area contributed by atoms with E-state index in [9.17, 15) is 9.18 Å². The maximum atomic E-state index is 13.2. The molecule has 15 heavy (non-hydrogen) atoms. The Morgan fingerprint density at radius 1 is 1.47 bits per heavy atom. The first-order chi connectivity index (χ1) is 7.24. The molecule has 1 N–H and O–H groups in total. The van der Waals surface area contributed by atoms with Crippen molar-refractivity contribution in [3.05, 3.63) is 52.5 Å². The summed E-state index contributed by atoms with van der Waals surface area (Å²) in [5, 5.41) is 8.77. The molecular formula is C10H6FN3O. The minimum absolute atomic E-state index is 0.140. The highest BCUT2D eigenvalue weighted by Gasteiger charge is 2.10. The molecule has 0 saturated heterocycles. The summed E-state index contributed by atoms with van der Waals surface area (Å²) in [6, 6.07) is 5.87. The first-order valence-corrected chi connectivity index (χ1v) is 4.19. The van der Waals surface area contributed by atoms with E-state index in [1.165, 1.54) is 35.2 Å². The monoisotopic (exact) mass is 203 g/mol. The van der Waals surface area contributed by atoms with Crippen LogP contribution in [0.15, 0.2) is 35.4 Å². The average Bonchev–Trinajstić information content (AvgIpc) is 2.64. The van der Waals surface area contributed by atoms with E-state index in [1.54, 1.807) is 6.07 Å². The van der Waals surface area contributed by atoms with Gasteiger partial charge >= 0.3 is 5.69 Å². The van der Waals surface area contributed by atoms with Gasteiger partial charge in [-0.15, -0.1) is 0 Å². The van der Waals surface area contributed by atoms with E-state index in [2.05, 4.69) is 4.98 Å². The number of nitrogens with one attached hydrogen (secondary N) is 1. The molecule has 2 aromatic rings. The van der Waals surface area contributed by atoms with Crippen molar-refractivity contribution in [2.75, 3.05) is 0 Å². The lowest BCUT2D eigenvalue weighted by molar-refractivity contribution is 0.622. The van der Waals surface area contributed by atoms with Gasteiger partial charge in [0.25, 0.3) is 0 Å². The summed E-state index contributed by atoms with van der Waals surface area (Å²) in [5.41, 5.74) is -0.306. The Morgan fingerprint density at radius 2 is 2.27 bits per heavy atom. The highest BCUT2D eigenvalue weighted by Crippen LogP contribution is 2.15. The Kier molecular flexibility index (Phi) is 2.10. The lowest BCUT2D eigenvalue weighted by Gasteiger charge is -2.03. The highest BCUT2D eigenvalue weighted by atomic mass is 19.1. The largest absolute Gasteiger partial charge is 0.330 e. The number of nitriles is 1. The van der Waals surface area contributed by atoms with Crippen LogP contribution in [-0.4, -0.2) is 9.55 Å². The van der Waals surface area contributed by atoms with Gasteiger partial charge in [0.15, 0.2) is 0 Å². The molecule has 5 heteroatoms. The van der Waals surface area contributed by atoms with Crippen molar-refractivity contribution in [3.63, 3.8) is 0 Å². The Balaban J connectivity index is 2.75. The zero-order valence-electron chi connectivity index (χ0n) is 7.57. The van der Waals surface area contributed by atoms with E-state index in [-0.39, 0.29) is 11.3 Å². The lowest BCUT2D eigenvalue weighted by Crippen LogP contribution is -2.15. The third-order valence-electron chi connectivity index (χ3n) is 2.01. The number of rotatable bonds is 1. The second-order valence-corrected chi connectivity index (χ2v) is 2.88. The van der Waals surface area contributed by atoms with Crippen LogP contribution in [0.2, 0.25) is 0 Å². The highest BCUT2D eigenvalue weighted by molar-refractivity contribution is 5.49. The van der Waals surface area contributed by atoms with Gasteiger partial charge < -0.3 is 4.98 Å². The fourth-order valence-corrected chi connectivity index (χ4v) is 1.33. The van der Waals surface area contributed by atoms with Crippen LogP contribution in [0.25, 0.3) is 5.69 Å². The molecule has 0 fully saturated rings. The molecule has 0 aliphatic heterocycles. The number of imidazole rings is 1. The van der Waals surface area contributed by atoms with E-state index < -0.39 is 11.5 Å². The van der Waals surface area contributed by atoms with Crippen LogP contribution >= 0.6 is 0 Å². The smallest absolute Gasteiger partial charge is 0.312 e. The fraction of sp³-hybridized carbons (Fsp3) is 0. The maximum absolute atomic E-state index is 13.2. The molecule has 0 unspecified atom stereocenters. The van der Waals surface area contributed by atoms with E-state index >= 15 is 0 Å². The van der Waals surface area contributed by atoms with Crippen molar-refractivity contribution in [3.8, 4) is 11.8 Å². The number of benzene rings is 1. The first kappa shape index (κ1) is 9.21. The summed E-state index contributed by atoms with van der Waals surface area (Å²) in [6.45, 7) is 0. The predicted molar refractivity (Wildman–Crippen MR) is 51.1 cm³/mol. The quantitative estimate of drug-likeness (QED) is 0.756. The van der Waals surface area contributed by atoms with E-state index in [0.29, 0.717) is 0 Å². The fourth-order valence-electron chi connectivity index (χ4n) is 1.33. The molecule has 74 valence electrons. The Labute approximate surface area is 84.2 Å². The summed E-state index contributed by atoms with van der Waals surface area (Å²) in [4.78, 5) is 13.7. The molecule has 1 aromatic carbocycles. The molecule has 0 aliphatic rings. The molecule has 2 rings (SSSR count). The third-order valence-corrected chi connectivity index (χ3v) is 2.01. The lowest BCUT2D eigenvalue weighted by atomic mass is 10.2. The number of hydrogen-bond donors (Lipinski definition) is 1. The van der Waals surface area contributed by atoms with Crippen molar-refractivity contribution >= 4 is 0 Å². The van der Waals surface area contributed by atoms with Crippen molar-refractivity contribution in [2.24, 2.45) is 0 Å². The van der Waals surface area contributed by atoms with Crippen molar-refractivity contribution in [1.82, 2.24) is 9.55 Å². The summed E-state index contributed by atoms with van der Waals surface area (Å²) >= 11 is 0. The molecule has 0 amide bonds. The molecule has 0 radical (unpaired) electrons. The van der Waals surface area contributed by atoms with Crippen LogP contribution in [0.1, 0.15) is 5.56 Å². The van der Waals surface area contributed by atoms with Crippen LogP contribution in [0.4, 0.5) is 4.39 Å². The van der Waals surface area contributed by atoms with Gasteiger partial charge in [-0.1, -0.05) is 6.07 Å². The Hall–Kier alpha value is -2.35. The van der Waals surface area contributed by atoms with Crippen molar-refractivity contribution < 1.29 is 4.39 Å². The number of aromatic nitrogens is 2. The zero-order chi connectivity index (χ0) is 10.8. The molecule has 0 bridgehead atoms. The number of hydrogen-bond acceptors (Lipinski definition) is 2. The average molecular weight is 203 g/mol. The summed E-state index contributed by atoms with van der Waals surface area (Å²) < 4.78 is 14.4. The summed E-state index contributed by atoms with van der Waals surface area (Å²) in [6.07, 6.45) is 2.87. The normalized spacial score (nSPS) is 9.87. The Morgan fingerprint density at radius 3 is 2.87 bits per heavy atom. The van der Waals surface area contributed by atoms with Crippen LogP contribution < -0.4 is 5.69 Å². The topological polar surface area (TPSA) is 61.6 Å². The van der Waals surface area contributed by atoms with Gasteiger partial charge in [0, 0.05) is 12.4 Å². The van der Waals surface area contributed by atoms with Gasteiger partial charge in [-0.25, -0.2) is 9.18 Å². The van der Waals surface area contributed by atoms with Crippen LogP contribution in [0.5, 0.6) is 0 Å². The number of nitrogens with zero attached hydrogens (tertiary/aromatic N) is 2. The van der Waals surface area contributed by atoms with Crippen molar-refractivity contribution in [1.29, 1.82) is 5.26 Å². The maximum Gasteiger partial charge on any atom is 0.330 e.